The normalized spacial score (nSPS) is 32.6. The summed E-state index contributed by atoms with van der Waals surface area (Å²) in [6.45, 7) is 5.77. The Balaban J connectivity index is 1.76. The Hall–Kier alpha value is -0.170. The van der Waals surface area contributed by atoms with Gasteiger partial charge in [-0.3, -0.25) is 0 Å². The fourth-order valence-electron chi connectivity index (χ4n) is 3.04. The van der Waals surface area contributed by atoms with Gasteiger partial charge in [-0.25, -0.2) is 13.6 Å². The van der Waals surface area contributed by atoms with Gasteiger partial charge in [0.2, 0.25) is 10.0 Å². The van der Waals surface area contributed by atoms with Crippen molar-refractivity contribution in [3.8, 4) is 0 Å². The van der Waals surface area contributed by atoms with Gasteiger partial charge < -0.3 is 9.64 Å². The van der Waals surface area contributed by atoms with Gasteiger partial charge in [-0.2, -0.15) is 0 Å². The van der Waals surface area contributed by atoms with Crippen molar-refractivity contribution in [3.05, 3.63) is 0 Å². The van der Waals surface area contributed by atoms with E-state index >= 15 is 0 Å². The molecule has 6 heteroatoms. The van der Waals surface area contributed by atoms with Crippen molar-refractivity contribution in [1.82, 2.24) is 4.90 Å². The van der Waals surface area contributed by atoms with Crippen LogP contribution in [0.5, 0.6) is 0 Å². The predicted octanol–water partition coefficient (Wildman–Crippen LogP) is 0.554. The molecule has 0 aromatic heterocycles. The lowest BCUT2D eigenvalue weighted by molar-refractivity contribution is -0.00671. The molecule has 0 aromatic rings. The number of rotatable bonds is 3. The van der Waals surface area contributed by atoms with Gasteiger partial charge in [0.1, 0.15) is 0 Å². The summed E-state index contributed by atoms with van der Waals surface area (Å²) in [6, 6.07) is 0. The largest absolute Gasteiger partial charge is 0.378 e. The van der Waals surface area contributed by atoms with Crippen molar-refractivity contribution in [2.24, 2.45) is 11.1 Å². The maximum Gasteiger partial charge on any atom is 0.212 e. The van der Waals surface area contributed by atoms with Gasteiger partial charge in [0.05, 0.1) is 11.4 Å². The number of primary sulfonamides is 1. The van der Waals surface area contributed by atoms with Crippen LogP contribution in [-0.2, 0) is 14.8 Å². The Labute approximate surface area is 110 Å². The molecular weight excluding hydrogens is 252 g/mol. The quantitative estimate of drug-likeness (QED) is 0.817. The van der Waals surface area contributed by atoms with E-state index < -0.39 is 10.0 Å². The van der Waals surface area contributed by atoms with Crippen LogP contribution in [-0.4, -0.2) is 50.9 Å². The van der Waals surface area contributed by atoms with E-state index in [0.29, 0.717) is 24.9 Å². The molecule has 0 aliphatic carbocycles. The second-order valence-corrected chi connectivity index (χ2v) is 7.51. The summed E-state index contributed by atoms with van der Waals surface area (Å²) in [6.07, 6.45) is 3.97. The van der Waals surface area contributed by atoms with Crippen LogP contribution in [0.4, 0.5) is 0 Å². The number of sulfonamides is 1. The van der Waals surface area contributed by atoms with Crippen molar-refractivity contribution < 1.29 is 13.2 Å². The minimum Gasteiger partial charge on any atom is -0.378 e. The summed E-state index contributed by atoms with van der Waals surface area (Å²) in [4.78, 5) is 2.38. The van der Waals surface area contributed by atoms with Crippen LogP contribution in [0.15, 0.2) is 0 Å². The Kier molecular flexibility index (Phi) is 4.64. The summed E-state index contributed by atoms with van der Waals surface area (Å²) in [5, 5.41) is 4.86. The summed E-state index contributed by atoms with van der Waals surface area (Å²) >= 11 is 0. The van der Waals surface area contributed by atoms with E-state index in [2.05, 4.69) is 11.8 Å². The van der Waals surface area contributed by atoms with Crippen molar-refractivity contribution in [2.45, 2.75) is 44.0 Å². The second kappa shape index (κ2) is 5.86. The molecule has 0 aromatic carbocycles. The summed E-state index contributed by atoms with van der Waals surface area (Å²) in [5.41, 5.74) is 0. The summed E-state index contributed by atoms with van der Waals surface area (Å²) in [5.74, 6) is 0.694. The Bertz CT molecular complexity index is 364. The third kappa shape index (κ3) is 3.91. The van der Waals surface area contributed by atoms with Crippen LogP contribution in [0.2, 0.25) is 0 Å². The molecule has 5 nitrogen and oxygen atoms in total. The van der Waals surface area contributed by atoms with E-state index in [1.165, 1.54) is 0 Å². The molecule has 2 heterocycles. The van der Waals surface area contributed by atoms with Crippen molar-refractivity contribution >= 4 is 10.0 Å². The van der Waals surface area contributed by atoms with Crippen LogP contribution in [0.25, 0.3) is 0 Å². The number of hydrogen-bond donors (Lipinski definition) is 1. The van der Waals surface area contributed by atoms with Crippen molar-refractivity contribution in [3.63, 3.8) is 0 Å². The average molecular weight is 276 g/mol. The van der Waals surface area contributed by atoms with Crippen molar-refractivity contribution in [1.29, 1.82) is 0 Å². The fraction of sp³-hybridized carbons (Fsp3) is 1.00. The molecule has 2 rings (SSSR count). The smallest absolute Gasteiger partial charge is 0.212 e. The number of nitrogens with zero attached hydrogens (tertiary/aromatic N) is 1. The van der Waals surface area contributed by atoms with Crippen LogP contribution in [0, 0.1) is 5.92 Å². The highest BCUT2D eigenvalue weighted by atomic mass is 32.2. The Morgan fingerprint density at radius 2 is 1.94 bits per heavy atom. The molecule has 2 atom stereocenters. The van der Waals surface area contributed by atoms with Crippen LogP contribution < -0.4 is 5.14 Å². The van der Waals surface area contributed by atoms with E-state index in [4.69, 9.17) is 9.88 Å². The third-order valence-electron chi connectivity index (χ3n) is 4.11. The maximum absolute atomic E-state index is 11.3. The van der Waals surface area contributed by atoms with E-state index in [1.54, 1.807) is 0 Å². The highest BCUT2D eigenvalue weighted by molar-refractivity contribution is 7.89. The molecule has 18 heavy (non-hydrogen) atoms. The predicted molar refractivity (Wildman–Crippen MR) is 70.7 cm³/mol. The van der Waals surface area contributed by atoms with Crippen LogP contribution in [0.3, 0.4) is 0 Å². The van der Waals surface area contributed by atoms with Gasteiger partial charge in [0, 0.05) is 13.2 Å². The molecule has 2 fully saturated rings. The number of piperidine rings is 1. The highest BCUT2D eigenvalue weighted by Gasteiger charge is 2.29. The molecule has 2 aliphatic heterocycles. The Morgan fingerprint density at radius 1 is 1.28 bits per heavy atom. The first-order valence-corrected chi connectivity index (χ1v) is 8.41. The van der Waals surface area contributed by atoms with Crippen LogP contribution >= 0.6 is 0 Å². The molecule has 2 aliphatic rings. The molecular formula is C12H24N2O3S. The molecule has 0 bridgehead atoms. The standard InChI is InChI=1S/C12H24N2O3S/c1-10-8-11(4-7-17-10)9-14-5-2-12(3-6-14)18(13,15)16/h10-12H,2-9H2,1H3,(H2,13,15,16). The lowest BCUT2D eigenvalue weighted by atomic mass is 9.95. The van der Waals surface area contributed by atoms with E-state index in [1.807, 2.05) is 0 Å². The first-order chi connectivity index (χ1) is 8.45. The molecule has 2 N–H and O–H groups in total. The molecule has 0 saturated carbocycles. The van der Waals surface area contributed by atoms with E-state index in [0.717, 1.165) is 39.1 Å². The van der Waals surface area contributed by atoms with Gasteiger partial charge in [-0.05, 0) is 51.6 Å². The molecule has 0 radical (unpaired) electrons. The summed E-state index contributed by atoms with van der Waals surface area (Å²) < 4.78 is 28.1. The number of likely N-dealkylation sites (tertiary alicyclic amines) is 1. The number of nitrogens with two attached hydrogens (primary N) is 1. The van der Waals surface area contributed by atoms with E-state index in [9.17, 15) is 8.42 Å². The van der Waals surface area contributed by atoms with E-state index in [-0.39, 0.29) is 5.25 Å². The SMILES string of the molecule is CC1CC(CN2CCC(S(N)(=O)=O)CC2)CCO1. The third-order valence-corrected chi connectivity index (χ3v) is 5.51. The molecule has 2 unspecified atom stereocenters. The van der Waals surface area contributed by atoms with Gasteiger partial charge in [0.15, 0.2) is 0 Å². The lowest BCUT2D eigenvalue weighted by Gasteiger charge is -2.35. The van der Waals surface area contributed by atoms with Gasteiger partial charge in [0.25, 0.3) is 0 Å². The lowest BCUT2D eigenvalue weighted by Crippen LogP contribution is -2.44. The Morgan fingerprint density at radius 3 is 2.50 bits per heavy atom. The summed E-state index contributed by atoms with van der Waals surface area (Å²) in [7, 11) is -3.34. The monoisotopic (exact) mass is 276 g/mol. The zero-order chi connectivity index (χ0) is 13.2. The van der Waals surface area contributed by atoms with Gasteiger partial charge >= 0.3 is 0 Å². The first kappa shape index (κ1) is 14.2. The maximum atomic E-state index is 11.3. The minimum absolute atomic E-state index is 0.331. The zero-order valence-corrected chi connectivity index (χ0v) is 11.9. The zero-order valence-electron chi connectivity index (χ0n) is 11.0. The molecule has 106 valence electrons. The van der Waals surface area contributed by atoms with Crippen LogP contribution in [0.1, 0.15) is 32.6 Å². The fourth-order valence-corrected chi connectivity index (χ4v) is 3.91. The average Bonchev–Trinajstić information content (AvgIpc) is 2.28. The number of ether oxygens (including phenoxy) is 1. The molecule has 2 saturated heterocycles. The highest BCUT2D eigenvalue weighted by Crippen LogP contribution is 2.23. The molecule has 0 spiro atoms. The van der Waals surface area contributed by atoms with Gasteiger partial charge in [-0.1, -0.05) is 0 Å². The topological polar surface area (TPSA) is 72.6 Å². The molecule has 0 amide bonds. The second-order valence-electron chi connectivity index (χ2n) is 5.66. The van der Waals surface area contributed by atoms with Crippen molar-refractivity contribution in [2.75, 3.05) is 26.2 Å². The first-order valence-electron chi connectivity index (χ1n) is 6.80. The minimum atomic E-state index is -3.34. The number of hydrogen-bond acceptors (Lipinski definition) is 4. The van der Waals surface area contributed by atoms with Gasteiger partial charge in [-0.15, -0.1) is 0 Å².